The molecule has 1 saturated heterocycles. The molecule has 3 rings (SSSR count). The van der Waals surface area contributed by atoms with Crippen molar-refractivity contribution < 1.29 is 33.4 Å². The maximum Gasteiger partial charge on any atom is 0.341 e. The number of rotatable bonds is 10. The van der Waals surface area contributed by atoms with E-state index in [4.69, 9.17) is 9.47 Å². The molecular formula is C25H31N3O7S2. The highest BCUT2D eigenvalue weighted by atomic mass is 32.1. The topological polar surface area (TPSA) is 122 Å². The highest BCUT2D eigenvalue weighted by Gasteiger charge is 2.36. The van der Waals surface area contributed by atoms with Gasteiger partial charge in [0.15, 0.2) is 6.61 Å². The van der Waals surface area contributed by atoms with Crippen LogP contribution in [0.5, 0.6) is 0 Å². The van der Waals surface area contributed by atoms with Crippen LogP contribution in [-0.2, 0) is 19.1 Å². The number of hydrogen-bond acceptors (Lipinski definition) is 9. The molecule has 1 aliphatic heterocycles. The molecule has 3 amide bonds. The third-order valence-corrected chi connectivity index (χ3v) is 8.04. The number of amides is 3. The Kier molecular flexibility index (Phi) is 9.81. The van der Waals surface area contributed by atoms with Gasteiger partial charge in [0.05, 0.1) is 21.9 Å². The van der Waals surface area contributed by atoms with Gasteiger partial charge in [0.25, 0.3) is 17.7 Å². The van der Waals surface area contributed by atoms with Crippen molar-refractivity contribution in [3.05, 3.63) is 38.4 Å². The lowest BCUT2D eigenvalue weighted by Gasteiger charge is -2.22. The summed E-state index contributed by atoms with van der Waals surface area (Å²) in [5.41, 5.74) is 0.520. The van der Waals surface area contributed by atoms with Gasteiger partial charge in [-0.15, -0.1) is 22.7 Å². The fraction of sp³-hybridized carbons (Fsp3) is 0.480. The monoisotopic (exact) mass is 549 g/mol. The Morgan fingerprint density at radius 1 is 1.14 bits per heavy atom. The fourth-order valence-corrected chi connectivity index (χ4v) is 5.96. The van der Waals surface area contributed by atoms with Crippen LogP contribution in [0.25, 0.3) is 0 Å². The number of carbonyl (C=O) groups excluding carboxylic acids is 5. The maximum atomic E-state index is 13.0. The van der Waals surface area contributed by atoms with Crippen molar-refractivity contribution in [3.8, 4) is 0 Å². The first kappa shape index (κ1) is 28.3. The minimum atomic E-state index is -0.764. The molecule has 10 nitrogen and oxygen atoms in total. The first-order chi connectivity index (χ1) is 17.7. The number of likely N-dealkylation sites (tertiary alicyclic amines) is 1. The molecule has 0 spiro atoms. The molecule has 0 unspecified atom stereocenters. The molecule has 1 atom stereocenters. The molecule has 0 bridgehead atoms. The molecular weight excluding hydrogens is 518 g/mol. The van der Waals surface area contributed by atoms with Gasteiger partial charge in [-0.1, -0.05) is 6.07 Å². The summed E-state index contributed by atoms with van der Waals surface area (Å²) in [7, 11) is 0. The Morgan fingerprint density at radius 3 is 2.49 bits per heavy atom. The molecule has 0 saturated carbocycles. The van der Waals surface area contributed by atoms with Crippen LogP contribution in [0.1, 0.15) is 68.9 Å². The Bertz CT molecular complexity index is 1160. The summed E-state index contributed by atoms with van der Waals surface area (Å²) < 4.78 is 10.4. The smallest absolute Gasteiger partial charge is 0.341 e. The lowest BCUT2D eigenvalue weighted by atomic mass is 10.1. The van der Waals surface area contributed by atoms with E-state index in [1.807, 2.05) is 13.8 Å². The van der Waals surface area contributed by atoms with Gasteiger partial charge in [0.1, 0.15) is 11.0 Å². The standard InChI is InChI=1S/C25H31N3O7S2/c1-5-27(6-2)23(31)20-15(4)19(25(33)34-7-3)21(37-20)26-18(29)14-35-24(32)16-10-8-12-28(16)22(30)17-11-9-13-36-17/h9,11,13,16H,5-8,10,12,14H2,1-4H3,(H,26,29)/t16-/m1/s1. The van der Waals surface area contributed by atoms with E-state index in [2.05, 4.69) is 5.32 Å². The van der Waals surface area contributed by atoms with Crippen molar-refractivity contribution in [1.82, 2.24) is 9.80 Å². The van der Waals surface area contributed by atoms with Gasteiger partial charge in [-0.3, -0.25) is 14.4 Å². The number of hydrogen-bond donors (Lipinski definition) is 1. The van der Waals surface area contributed by atoms with Crippen molar-refractivity contribution in [2.45, 2.75) is 46.6 Å². The van der Waals surface area contributed by atoms with Gasteiger partial charge in [0.2, 0.25) is 0 Å². The highest BCUT2D eigenvalue weighted by molar-refractivity contribution is 7.18. The van der Waals surface area contributed by atoms with Crippen LogP contribution in [0.2, 0.25) is 0 Å². The number of carbonyl (C=O) groups is 5. The van der Waals surface area contributed by atoms with Crippen molar-refractivity contribution >= 4 is 57.3 Å². The number of esters is 2. The van der Waals surface area contributed by atoms with E-state index >= 15 is 0 Å². The van der Waals surface area contributed by atoms with Crippen LogP contribution < -0.4 is 5.32 Å². The molecule has 12 heteroatoms. The molecule has 2 aromatic heterocycles. The van der Waals surface area contributed by atoms with Gasteiger partial charge in [-0.25, -0.2) is 9.59 Å². The summed E-state index contributed by atoms with van der Waals surface area (Å²) in [6, 6.07) is 2.70. The minimum absolute atomic E-state index is 0.102. The molecule has 1 aliphatic rings. The van der Waals surface area contributed by atoms with Crippen LogP contribution in [0, 0.1) is 6.92 Å². The quantitative estimate of drug-likeness (QED) is 0.450. The highest BCUT2D eigenvalue weighted by Crippen LogP contribution is 2.34. The SMILES string of the molecule is CCOC(=O)c1c(NC(=O)COC(=O)[C@H]2CCCN2C(=O)c2cccs2)sc(C(=O)N(CC)CC)c1C. The first-order valence-electron chi connectivity index (χ1n) is 12.1. The van der Waals surface area contributed by atoms with Crippen molar-refractivity contribution in [3.63, 3.8) is 0 Å². The number of ether oxygens (including phenoxy) is 2. The average Bonchev–Trinajstić information content (AvgIpc) is 3.63. The molecule has 1 fully saturated rings. The summed E-state index contributed by atoms with van der Waals surface area (Å²) in [6.45, 7) is 7.95. The second kappa shape index (κ2) is 12.8. The van der Waals surface area contributed by atoms with E-state index in [0.29, 0.717) is 47.8 Å². The Labute approximate surface area is 223 Å². The zero-order chi connectivity index (χ0) is 27.1. The van der Waals surface area contributed by atoms with Gasteiger partial charge >= 0.3 is 11.9 Å². The third kappa shape index (κ3) is 6.37. The van der Waals surface area contributed by atoms with Crippen LogP contribution in [0.4, 0.5) is 5.00 Å². The summed E-state index contributed by atoms with van der Waals surface area (Å²) >= 11 is 2.28. The van der Waals surface area contributed by atoms with Gasteiger partial charge < -0.3 is 24.6 Å². The molecule has 0 aliphatic carbocycles. The van der Waals surface area contributed by atoms with E-state index < -0.39 is 30.5 Å². The molecule has 0 radical (unpaired) electrons. The molecule has 37 heavy (non-hydrogen) atoms. The average molecular weight is 550 g/mol. The Morgan fingerprint density at radius 2 is 1.86 bits per heavy atom. The van der Waals surface area contributed by atoms with E-state index in [9.17, 15) is 24.0 Å². The summed E-state index contributed by atoms with van der Waals surface area (Å²) in [5, 5.41) is 4.54. The molecule has 1 N–H and O–H groups in total. The van der Waals surface area contributed by atoms with Crippen LogP contribution in [-0.4, -0.2) is 78.3 Å². The predicted molar refractivity (Wildman–Crippen MR) is 140 cm³/mol. The lowest BCUT2D eigenvalue weighted by Crippen LogP contribution is -2.41. The largest absolute Gasteiger partial charge is 0.462 e. The first-order valence-corrected chi connectivity index (χ1v) is 13.8. The van der Waals surface area contributed by atoms with E-state index in [1.54, 1.807) is 36.3 Å². The molecule has 200 valence electrons. The van der Waals surface area contributed by atoms with Gasteiger partial charge in [-0.2, -0.15) is 0 Å². The predicted octanol–water partition coefficient (Wildman–Crippen LogP) is 3.56. The van der Waals surface area contributed by atoms with Gasteiger partial charge in [-0.05, 0) is 57.5 Å². The van der Waals surface area contributed by atoms with Gasteiger partial charge in [0, 0.05) is 19.6 Å². The summed E-state index contributed by atoms with van der Waals surface area (Å²) in [6.07, 6.45) is 1.11. The summed E-state index contributed by atoms with van der Waals surface area (Å²) in [4.78, 5) is 67.7. The number of nitrogens with zero attached hydrogens (tertiary/aromatic N) is 2. The van der Waals surface area contributed by atoms with E-state index in [-0.39, 0.29) is 29.0 Å². The Balaban J connectivity index is 1.70. The third-order valence-electron chi connectivity index (χ3n) is 5.99. The lowest BCUT2D eigenvalue weighted by molar-refractivity contribution is -0.151. The molecule has 2 aromatic rings. The van der Waals surface area contributed by atoms with Crippen molar-refractivity contribution in [2.75, 3.05) is 38.2 Å². The zero-order valence-corrected chi connectivity index (χ0v) is 23.0. The number of anilines is 1. The minimum Gasteiger partial charge on any atom is -0.462 e. The normalized spacial score (nSPS) is 14.8. The van der Waals surface area contributed by atoms with Crippen molar-refractivity contribution in [2.24, 2.45) is 0 Å². The van der Waals surface area contributed by atoms with Crippen molar-refractivity contribution in [1.29, 1.82) is 0 Å². The molecule has 3 heterocycles. The van der Waals surface area contributed by atoms with Crippen LogP contribution in [0.15, 0.2) is 17.5 Å². The second-order valence-corrected chi connectivity index (χ2v) is 10.2. The molecule has 0 aromatic carbocycles. The fourth-order valence-electron chi connectivity index (χ4n) is 4.10. The zero-order valence-electron chi connectivity index (χ0n) is 21.3. The maximum absolute atomic E-state index is 13.0. The van der Waals surface area contributed by atoms with Crippen LogP contribution in [0.3, 0.4) is 0 Å². The van der Waals surface area contributed by atoms with Crippen LogP contribution >= 0.6 is 22.7 Å². The number of thiophene rings is 2. The number of nitrogens with one attached hydrogen (secondary N) is 1. The Hall–Kier alpha value is -3.25. The van der Waals surface area contributed by atoms with E-state index in [1.165, 1.54) is 16.2 Å². The van der Waals surface area contributed by atoms with E-state index in [0.717, 1.165) is 11.3 Å². The second-order valence-electron chi connectivity index (χ2n) is 8.25. The summed E-state index contributed by atoms with van der Waals surface area (Å²) in [5.74, 6) is -2.48.